The lowest BCUT2D eigenvalue weighted by molar-refractivity contribution is 0.298. The van der Waals surface area contributed by atoms with E-state index in [9.17, 15) is 4.57 Å². The first-order chi connectivity index (χ1) is 12.4. The van der Waals surface area contributed by atoms with E-state index in [1.54, 1.807) is 36.4 Å². The summed E-state index contributed by atoms with van der Waals surface area (Å²) in [6.45, 7) is 5.90. The van der Waals surface area contributed by atoms with Crippen LogP contribution in [-0.4, -0.2) is 0 Å². The van der Waals surface area contributed by atoms with Crippen LogP contribution in [0.15, 0.2) is 72.8 Å². The summed E-state index contributed by atoms with van der Waals surface area (Å²) in [5.41, 5.74) is 3.23. The fourth-order valence-electron chi connectivity index (χ4n) is 2.24. The number of hydrogen-bond acceptors (Lipinski definition) is 4. The maximum Gasteiger partial charge on any atom is 0.647 e. The van der Waals surface area contributed by atoms with Gasteiger partial charge in [-0.1, -0.05) is 53.1 Å². The van der Waals surface area contributed by atoms with E-state index in [0.717, 1.165) is 16.7 Å². The Bertz CT molecular complexity index is 782. The van der Waals surface area contributed by atoms with Gasteiger partial charge in [-0.3, -0.25) is 0 Å². The number of phosphoric acid groups is 1. The molecule has 3 aromatic rings. The van der Waals surface area contributed by atoms with Crippen LogP contribution in [0.5, 0.6) is 17.2 Å². The topological polar surface area (TPSA) is 44.8 Å². The Labute approximate surface area is 163 Å². The van der Waals surface area contributed by atoms with Crippen molar-refractivity contribution in [3.63, 3.8) is 0 Å². The van der Waals surface area contributed by atoms with E-state index in [2.05, 4.69) is 0 Å². The van der Waals surface area contributed by atoms with Gasteiger partial charge in [0.25, 0.3) is 0 Å². The van der Waals surface area contributed by atoms with E-state index in [1.807, 2.05) is 57.2 Å². The van der Waals surface area contributed by atoms with Crippen molar-refractivity contribution in [3.8, 4) is 17.2 Å². The predicted molar refractivity (Wildman–Crippen MR) is 114 cm³/mol. The molecule has 3 aromatic carbocycles. The lowest BCUT2D eigenvalue weighted by Gasteiger charge is -2.19. The summed E-state index contributed by atoms with van der Waals surface area (Å²) in [6.07, 6.45) is 0. The molecule has 1 atom stereocenters. The lowest BCUT2D eigenvalue weighted by Crippen LogP contribution is -2.07. The number of rotatable bonds is 6. The van der Waals surface area contributed by atoms with Crippen molar-refractivity contribution in [1.82, 2.24) is 0 Å². The van der Waals surface area contributed by atoms with Crippen LogP contribution >= 0.6 is 17.7 Å². The molecule has 0 spiro atoms. The molecule has 27 heavy (non-hydrogen) atoms. The minimum atomic E-state index is -3.93. The first-order valence-electron chi connectivity index (χ1n) is 8.31. The van der Waals surface area contributed by atoms with Crippen molar-refractivity contribution >= 4 is 17.7 Å². The van der Waals surface area contributed by atoms with Gasteiger partial charge in [-0.15, -0.1) is 0 Å². The first-order valence-corrected chi connectivity index (χ1v) is 9.77. The highest BCUT2D eigenvalue weighted by Gasteiger charge is 2.33. The molecule has 0 aliphatic carbocycles. The van der Waals surface area contributed by atoms with Crippen molar-refractivity contribution in [3.05, 3.63) is 89.5 Å². The summed E-state index contributed by atoms with van der Waals surface area (Å²) in [5, 5.41) is 0. The quantitative estimate of drug-likeness (QED) is 0.453. The fourth-order valence-corrected chi connectivity index (χ4v) is 3.49. The molecule has 0 N–H and O–H groups in total. The van der Waals surface area contributed by atoms with Crippen LogP contribution in [0.4, 0.5) is 0 Å². The minimum absolute atomic E-state index is 0. The SMILES string of the molecule is Cc1ccc(OP(=O)(Oc2ccc(C)cc2)Oc2ccc(C)cc2)cc1.P. The average Bonchev–Trinajstić information content (AvgIpc) is 2.61. The summed E-state index contributed by atoms with van der Waals surface area (Å²) >= 11 is 0. The molecule has 3 rings (SSSR count). The summed E-state index contributed by atoms with van der Waals surface area (Å²) in [7, 11) is -3.93. The van der Waals surface area contributed by atoms with Crippen LogP contribution in [0.1, 0.15) is 16.7 Å². The molecule has 4 nitrogen and oxygen atoms in total. The molecule has 0 saturated carbocycles. The predicted octanol–water partition coefficient (Wildman–Crippen LogP) is 6.31. The van der Waals surface area contributed by atoms with Crippen LogP contribution in [0, 0.1) is 20.8 Å². The molecule has 142 valence electrons. The molecular formula is C21H24O4P2. The third-order valence-electron chi connectivity index (χ3n) is 3.71. The first kappa shape index (κ1) is 21.0. The largest absolute Gasteiger partial charge is 0.647 e. The Morgan fingerprint density at radius 3 is 0.963 bits per heavy atom. The van der Waals surface area contributed by atoms with Crippen molar-refractivity contribution < 1.29 is 18.1 Å². The molecule has 1 unspecified atom stereocenters. The summed E-state index contributed by atoms with van der Waals surface area (Å²) in [6, 6.07) is 21.6. The van der Waals surface area contributed by atoms with Crippen LogP contribution in [0.3, 0.4) is 0 Å². The third kappa shape index (κ3) is 6.13. The third-order valence-corrected chi connectivity index (χ3v) is 5.02. The van der Waals surface area contributed by atoms with E-state index in [1.165, 1.54) is 0 Å². The molecule has 6 heteroatoms. The van der Waals surface area contributed by atoms with Gasteiger partial charge in [0, 0.05) is 0 Å². The standard InChI is InChI=1S/C21H21O4P.H3P/c1-16-4-10-19(11-5-16)23-26(22,24-20-12-6-17(2)7-13-20)25-21-14-8-18(3)9-15-21;/h4-15H,1-3H3;1H3. The van der Waals surface area contributed by atoms with Crippen LogP contribution < -0.4 is 13.6 Å². The zero-order chi connectivity index (χ0) is 18.6. The molecule has 0 aliphatic rings. The molecule has 0 aromatic heterocycles. The maximum absolute atomic E-state index is 13.3. The summed E-state index contributed by atoms with van der Waals surface area (Å²) in [4.78, 5) is 0. The van der Waals surface area contributed by atoms with E-state index in [0.29, 0.717) is 17.2 Å². The Kier molecular flexibility index (Phi) is 7.07. The Balaban J connectivity index is 0.00000261. The molecule has 0 aliphatic heterocycles. The molecule has 0 heterocycles. The smallest absolute Gasteiger partial charge is 0.386 e. The number of hydrogen-bond donors (Lipinski definition) is 0. The van der Waals surface area contributed by atoms with Crippen molar-refractivity contribution in [2.75, 3.05) is 0 Å². The van der Waals surface area contributed by atoms with Gasteiger partial charge < -0.3 is 13.6 Å². The van der Waals surface area contributed by atoms with Crippen molar-refractivity contribution in [1.29, 1.82) is 0 Å². The van der Waals surface area contributed by atoms with Gasteiger partial charge in [0.1, 0.15) is 17.2 Å². The molecule has 0 fully saturated rings. The molecule has 0 amide bonds. The minimum Gasteiger partial charge on any atom is -0.386 e. The second kappa shape index (κ2) is 9.08. The lowest BCUT2D eigenvalue weighted by atomic mass is 10.2. The second-order valence-corrected chi connectivity index (χ2v) is 7.60. The highest BCUT2D eigenvalue weighted by molar-refractivity contribution is 7.49. The maximum atomic E-state index is 13.3. The zero-order valence-corrected chi connectivity index (χ0v) is 18.0. The highest BCUT2D eigenvalue weighted by Crippen LogP contribution is 2.49. The Hall–Kier alpha value is -2.28. The van der Waals surface area contributed by atoms with Crippen molar-refractivity contribution in [2.24, 2.45) is 0 Å². The normalized spacial score (nSPS) is 10.6. The molecule has 0 radical (unpaired) electrons. The van der Waals surface area contributed by atoms with Crippen LogP contribution in [0.2, 0.25) is 0 Å². The van der Waals surface area contributed by atoms with Gasteiger partial charge in [0.15, 0.2) is 0 Å². The number of aryl methyl sites for hydroxylation is 3. The molecular weight excluding hydrogens is 378 g/mol. The zero-order valence-electron chi connectivity index (χ0n) is 15.7. The van der Waals surface area contributed by atoms with E-state index < -0.39 is 7.82 Å². The van der Waals surface area contributed by atoms with Gasteiger partial charge in [0.2, 0.25) is 0 Å². The van der Waals surface area contributed by atoms with E-state index >= 15 is 0 Å². The van der Waals surface area contributed by atoms with E-state index in [4.69, 9.17) is 13.6 Å². The van der Waals surface area contributed by atoms with Crippen LogP contribution in [-0.2, 0) is 4.57 Å². The number of phosphoric ester groups is 1. The summed E-state index contributed by atoms with van der Waals surface area (Å²) in [5.74, 6) is 1.24. The van der Waals surface area contributed by atoms with Gasteiger partial charge in [-0.2, -0.15) is 14.5 Å². The second-order valence-electron chi connectivity index (χ2n) is 6.16. The average molecular weight is 402 g/mol. The molecule has 0 bridgehead atoms. The monoisotopic (exact) mass is 402 g/mol. The summed E-state index contributed by atoms with van der Waals surface area (Å²) < 4.78 is 30.2. The number of benzene rings is 3. The highest BCUT2D eigenvalue weighted by atomic mass is 31.2. The van der Waals surface area contributed by atoms with Gasteiger partial charge in [-0.25, -0.2) is 0 Å². The van der Waals surface area contributed by atoms with Gasteiger partial charge >= 0.3 is 7.82 Å². The Morgan fingerprint density at radius 1 is 0.519 bits per heavy atom. The van der Waals surface area contributed by atoms with Gasteiger partial charge in [-0.05, 0) is 57.2 Å². The van der Waals surface area contributed by atoms with Gasteiger partial charge in [0.05, 0.1) is 0 Å². The van der Waals surface area contributed by atoms with Crippen LogP contribution in [0.25, 0.3) is 0 Å². The Morgan fingerprint density at radius 2 is 0.741 bits per heavy atom. The van der Waals surface area contributed by atoms with E-state index in [-0.39, 0.29) is 9.90 Å². The van der Waals surface area contributed by atoms with Crippen molar-refractivity contribution in [2.45, 2.75) is 20.8 Å². The molecule has 0 saturated heterocycles. The fraction of sp³-hybridized carbons (Fsp3) is 0.143.